The average molecular weight is 641 g/mol. The van der Waals surface area contributed by atoms with Crippen LogP contribution in [0.5, 0.6) is 5.75 Å². The number of aliphatic hydroxyl groups is 1. The van der Waals surface area contributed by atoms with Gasteiger partial charge in [0.1, 0.15) is 19.0 Å². The zero-order valence-electron chi connectivity index (χ0n) is 27.5. The molecule has 0 aliphatic carbocycles. The summed E-state index contributed by atoms with van der Waals surface area (Å²) in [5.74, 6) is -1.41. The first-order valence-electron chi connectivity index (χ1n) is 16.0. The first-order chi connectivity index (χ1) is 22.6. The van der Waals surface area contributed by atoms with E-state index in [1.54, 1.807) is 26.0 Å². The number of carbonyl (C=O) groups excluding carboxylic acids is 3. The third kappa shape index (κ3) is 13.3. The highest BCUT2D eigenvalue weighted by Gasteiger charge is 2.30. The van der Waals surface area contributed by atoms with Gasteiger partial charge >= 0.3 is 5.97 Å². The Morgan fingerprint density at radius 1 is 0.809 bits per heavy atom. The van der Waals surface area contributed by atoms with Crippen LogP contribution in [-0.4, -0.2) is 47.7 Å². The first kappa shape index (κ1) is 36.8. The van der Waals surface area contributed by atoms with Gasteiger partial charge in [-0.15, -0.1) is 13.2 Å². The molecule has 0 aromatic heterocycles. The molecule has 0 radical (unpaired) electrons. The second-order valence-corrected chi connectivity index (χ2v) is 12.4. The van der Waals surface area contributed by atoms with Crippen LogP contribution in [0, 0.1) is 11.8 Å². The van der Waals surface area contributed by atoms with Gasteiger partial charge in [0.2, 0.25) is 11.8 Å². The number of ether oxygens (including phenoxy) is 2. The van der Waals surface area contributed by atoms with Crippen molar-refractivity contribution in [1.82, 2.24) is 10.6 Å². The normalized spacial score (nSPS) is 13.0. The third-order valence-electron chi connectivity index (χ3n) is 7.64. The highest BCUT2D eigenvalue weighted by molar-refractivity contribution is 5.86. The van der Waals surface area contributed by atoms with E-state index in [4.69, 9.17) is 9.47 Å². The van der Waals surface area contributed by atoms with Crippen LogP contribution in [-0.2, 0) is 38.6 Å². The molecule has 3 rings (SSSR count). The van der Waals surface area contributed by atoms with Crippen LogP contribution >= 0.6 is 0 Å². The lowest BCUT2D eigenvalue weighted by atomic mass is 9.96. The Labute approximate surface area is 278 Å². The number of aliphatic hydroxyl groups excluding tert-OH is 1. The predicted octanol–water partition coefficient (Wildman–Crippen LogP) is 5.74. The minimum absolute atomic E-state index is 0.0321. The maximum absolute atomic E-state index is 13.3. The van der Waals surface area contributed by atoms with Crippen LogP contribution in [0.2, 0.25) is 0 Å². The number of nitrogens with one attached hydrogen (secondary N) is 2. The maximum Gasteiger partial charge on any atom is 0.309 e. The quantitative estimate of drug-likeness (QED) is 0.107. The molecule has 0 saturated heterocycles. The summed E-state index contributed by atoms with van der Waals surface area (Å²) in [6.07, 6.45) is 4.90. The Hall–Kier alpha value is -4.69. The summed E-state index contributed by atoms with van der Waals surface area (Å²) >= 11 is 0. The number of allylic oxidation sites excluding steroid dienone is 2. The second kappa shape index (κ2) is 19.1. The number of hydrogen-bond acceptors (Lipinski definition) is 6. The monoisotopic (exact) mass is 640 g/mol. The van der Waals surface area contributed by atoms with Gasteiger partial charge in [-0.3, -0.25) is 14.4 Å². The zero-order valence-corrected chi connectivity index (χ0v) is 27.5. The molecule has 0 unspecified atom stereocenters. The van der Waals surface area contributed by atoms with E-state index in [2.05, 4.69) is 23.8 Å². The molecule has 3 atom stereocenters. The van der Waals surface area contributed by atoms with Crippen molar-refractivity contribution < 1.29 is 29.0 Å². The standard InChI is InChI=1S/C39H48N2O6/c1-5-13-32(37(44)41-39(3,4)28-47-38(45)33(14-6-2)23-29-15-9-7-10-16-29)25-36(43)40-34(26-42)24-30-19-21-35(22-20-30)46-27-31-17-11-8-12-18-31/h5-12,15-22,32-34,42H,1-2,13-14,23-28H2,3-4H3,(H,40,43)(H,41,44)/t32-,33-,34+/m1/s1. The van der Waals surface area contributed by atoms with Crippen LogP contribution in [0.15, 0.2) is 110 Å². The van der Waals surface area contributed by atoms with E-state index in [0.717, 1.165) is 22.4 Å². The molecular weight excluding hydrogens is 592 g/mol. The molecule has 0 bridgehead atoms. The third-order valence-corrected chi connectivity index (χ3v) is 7.64. The Kier molecular flexibility index (Phi) is 14.9. The summed E-state index contributed by atoms with van der Waals surface area (Å²) in [5.41, 5.74) is 2.15. The number of hydrogen-bond donors (Lipinski definition) is 3. The largest absolute Gasteiger partial charge is 0.489 e. The molecule has 47 heavy (non-hydrogen) atoms. The SMILES string of the molecule is C=CC[C@H](CC(=O)N[C@H](CO)Cc1ccc(OCc2ccccc2)cc1)C(=O)NC(C)(C)COC(=O)[C@H](CC=C)Cc1ccccc1. The van der Waals surface area contributed by atoms with E-state index in [-0.39, 0.29) is 49.8 Å². The van der Waals surface area contributed by atoms with Gasteiger partial charge in [-0.2, -0.15) is 0 Å². The van der Waals surface area contributed by atoms with Gasteiger partial charge in [0.05, 0.1) is 30.0 Å². The molecule has 0 spiro atoms. The Balaban J connectivity index is 1.49. The zero-order chi connectivity index (χ0) is 34.1. The van der Waals surface area contributed by atoms with Gasteiger partial charge in [-0.1, -0.05) is 84.9 Å². The number of amides is 2. The summed E-state index contributed by atoms with van der Waals surface area (Å²) in [5, 5.41) is 15.8. The summed E-state index contributed by atoms with van der Waals surface area (Å²) in [6.45, 7) is 11.2. The summed E-state index contributed by atoms with van der Waals surface area (Å²) < 4.78 is 11.5. The molecule has 0 fully saturated rings. The first-order valence-corrected chi connectivity index (χ1v) is 16.0. The summed E-state index contributed by atoms with van der Waals surface area (Å²) in [4.78, 5) is 39.2. The Bertz CT molecular complexity index is 1420. The van der Waals surface area contributed by atoms with Gasteiger partial charge in [0.25, 0.3) is 0 Å². The van der Waals surface area contributed by atoms with E-state index >= 15 is 0 Å². The molecule has 3 aromatic carbocycles. The lowest BCUT2D eigenvalue weighted by molar-refractivity contribution is -0.151. The second-order valence-electron chi connectivity index (χ2n) is 12.4. The van der Waals surface area contributed by atoms with Gasteiger partial charge in [0.15, 0.2) is 0 Å². The minimum Gasteiger partial charge on any atom is -0.489 e. The Morgan fingerprint density at radius 2 is 1.38 bits per heavy atom. The number of rotatable bonds is 20. The predicted molar refractivity (Wildman–Crippen MR) is 184 cm³/mol. The van der Waals surface area contributed by atoms with Crippen LogP contribution in [0.3, 0.4) is 0 Å². The Morgan fingerprint density at radius 3 is 1.98 bits per heavy atom. The molecule has 0 heterocycles. The van der Waals surface area contributed by atoms with Crippen molar-refractivity contribution in [3.63, 3.8) is 0 Å². The molecule has 250 valence electrons. The van der Waals surface area contributed by atoms with Crippen LogP contribution in [0.25, 0.3) is 0 Å². The van der Waals surface area contributed by atoms with Crippen molar-refractivity contribution in [3.8, 4) is 5.75 Å². The molecule has 8 nitrogen and oxygen atoms in total. The van der Waals surface area contributed by atoms with Crippen LogP contribution in [0.4, 0.5) is 0 Å². The van der Waals surface area contributed by atoms with Crippen molar-refractivity contribution in [2.75, 3.05) is 13.2 Å². The molecule has 0 saturated carbocycles. The van der Waals surface area contributed by atoms with E-state index in [9.17, 15) is 19.5 Å². The minimum atomic E-state index is -0.876. The van der Waals surface area contributed by atoms with E-state index in [0.29, 0.717) is 25.9 Å². The van der Waals surface area contributed by atoms with E-state index < -0.39 is 17.5 Å². The molecule has 3 aromatic rings. The van der Waals surface area contributed by atoms with Crippen LogP contribution in [0.1, 0.15) is 49.8 Å². The van der Waals surface area contributed by atoms with E-state index in [1.807, 2.05) is 84.9 Å². The van der Waals surface area contributed by atoms with Gasteiger partial charge < -0.3 is 25.2 Å². The number of benzene rings is 3. The maximum atomic E-state index is 13.3. The van der Waals surface area contributed by atoms with Crippen molar-refractivity contribution >= 4 is 17.8 Å². The molecular formula is C39H48N2O6. The van der Waals surface area contributed by atoms with Gasteiger partial charge in [-0.05, 0) is 68.4 Å². The highest BCUT2D eigenvalue weighted by Crippen LogP contribution is 2.19. The molecule has 3 N–H and O–H groups in total. The number of carbonyl (C=O) groups is 3. The molecule has 8 heteroatoms. The molecule has 0 aliphatic heterocycles. The topological polar surface area (TPSA) is 114 Å². The fraction of sp³-hybridized carbons (Fsp3) is 0.359. The summed E-state index contributed by atoms with van der Waals surface area (Å²) in [6, 6.07) is 26.6. The molecule has 2 amide bonds. The van der Waals surface area contributed by atoms with Crippen molar-refractivity contribution in [1.29, 1.82) is 0 Å². The summed E-state index contributed by atoms with van der Waals surface area (Å²) in [7, 11) is 0. The smallest absolute Gasteiger partial charge is 0.309 e. The van der Waals surface area contributed by atoms with Gasteiger partial charge in [-0.25, -0.2) is 0 Å². The van der Waals surface area contributed by atoms with Gasteiger partial charge in [0, 0.05) is 6.42 Å². The fourth-order valence-corrected chi connectivity index (χ4v) is 5.11. The highest BCUT2D eigenvalue weighted by atomic mass is 16.5. The van der Waals surface area contributed by atoms with E-state index in [1.165, 1.54) is 0 Å². The lowest BCUT2D eigenvalue weighted by Crippen LogP contribution is -2.50. The average Bonchev–Trinajstić information content (AvgIpc) is 3.07. The van der Waals surface area contributed by atoms with Crippen LogP contribution < -0.4 is 15.4 Å². The van der Waals surface area contributed by atoms with Crippen molar-refractivity contribution in [2.45, 2.75) is 64.1 Å². The fourth-order valence-electron chi connectivity index (χ4n) is 5.11. The van der Waals surface area contributed by atoms with Crippen molar-refractivity contribution in [3.05, 3.63) is 127 Å². The molecule has 0 aliphatic rings. The lowest BCUT2D eigenvalue weighted by Gasteiger charge is -2.29. The number of esters is 1. The van der Waals surface area contributed by atoms with Crippen molar-refractivity contribution in [2.24, 2.45) is 11.8 Å².